The van der Waals surface area contributed by atoms with E-state index in [1.54, 1.807) is 6.07 Å². The lowest BCUT2D eigenvalue weighted by atomic mass is 9.92. The van der Waals surface area contributed by atoms with E-state index in [1.165, 1.54) is 49.7 Å². The van der Waals surface area contributed by atoms with E-state index in [2.05, 4.69) is 9.62 Å². The standard InChI is InChI=1S/C19H30N2O2S/c22-24(23,19-11-10-17-8-3-4-9-18(17)16-19)20-12-7-15-21-13-5-1-2-6-14-21/h10-11,16,20H,1-9,12-15H2. The molecule has 0 bridgehead atoms. The lowest BCUT2D eigenvalue weighted by Crippen LogP contribution is -2.30. The van der Waals surface area contributed by atoms with Crippen molar-refractivity contribution >= 4 is 10.0 Å². The van der Waals surface area contributed by atoms with E-state index in [-0.39, 0.29) is 0 Å². The summed E-state index contributed by atoms with van der Waals surface area (Å²) in [6.45, 7) is 3.85. The van der Waals surface area contributed by atoms with Crippen molar-refractivity contribution < 1.29 is 8.42 Å². The summed E-state index contributed by atoms with van der Waals surface area (Å²) in [6.07, 6.45) is 10.6. The zero-order valence-electron chi connectivity index (χ0n) is 14.6. The van der Waals surface area contributed by atoms with E-state index in [0.717, 1.165) is 38.9 Å². The fourth-order valence-corrected chi connectivity index (χ4v) is 4.95. The molecule has 0 amide bonds. The van der Waals surface area contributed by atoms with E-state index in [1.807, 2.05) is 12.1 Å². The highest BCUT2D eigenvalue weighted by atomic mass is 32.2. The molecule has 1 aliphatic heterocycles. The maximum absolute atomic E-state index is 12.5. The van der Waals surface area contributed by atoms with Crippen LogP contribution in [-0.4, -0.2) is 39.5 Å². The number of hydrogen-bond acceptors (Lipinski definition) is 3. The van der Waals surface area contributed by atoms with Gasteiger partial charge in [0.2, 0.25) is 10.0 Å². The monoisotopic (exact) mass is 350 g/mol. The first-order valence-corrected chi connectivity index (χ1v) is 11.0. The van der Waals surface area contributed by atoms with Gasteiger partial charge in [-0.05, 0) is 87.8 Å². The van der Waals surface area contributed by atoms with Crippen LogP contribution in [0.5, 0.6) is 0 Å². The third-order valence-corrected chi connectivity index (χ3v) is 6.73. The molecule has 134 valence electrons. The van der Waals surface area contributed by atoms with Crippen LogP contribution in [0.15, 0.2) is 23.1 Å². The molecule has 1 N–H and O–H groups in total. The third-order valence-electron chi connectivity index (χ3n) is 5.27. The largest absolute Gasteiger partial charge is 0.303 e. The van der Waals surface area contributed by atoms with Crippen molar-refractivity contribution in [3.05, 3.63) is 29.3 Å². The number of benzene rings is 1. The number of nitrogens with zero attached hydrogens (tertiary/aromatic N) is 1. The predicted molar refractivity (Wildman–Crippen MR) is 97.8 cm³/mol. The maximum atomic E-state index is 12.5. The first kappa shape index (κ1) is 17.9. The molecule has 0 unspecified atom stereocenters. The number of nitrogens with one attached hydrogen (secondary N) is 1. The molecule has 24 heavy (non-hydrogen) atoms. The number of fused-ring (bicyclic) bond motifs is 1. The fourth-order valence-electron chi connectivity index (χ4n) is 3.83. The fraction of sp³-hybridized carbons (Fsp3) is 0.684. The molecule has 1 saturated heterocycles. The topological polar surface area (TPSA) is 49.4 Å². The van der Waals surface area contributed by atoms with Crippen LogP contribution in [0.1, 0.15) is 56.1 Å². The average Bonchev–Trinajstić information content (AvgIpc) is 2.87. The summed E-state index contributed by atoms with van der Waals surface area (Å²) in [4.78, 5) is 2.90. The molecule has 0 radical (unpaired) electrons. The van der Waals surface area contributed by atoms with Crippen LogP contribution in [0.3, 0.4) is 0 Å². The van der Waals surface area contributed by atoms with Crippen molar-refractivity contribution in [2.24, 2.45) is 0 Å². The Morgan fingerprint density at radius 2 is 1.62 bits per heavy atom. The molecular weight excluding hydrogens is 320 g/mol. The average molecular weight is 351 g/mol. The lowest BCUT2D eigenvalue weighted by Gasteiger charge is -2.19. The molecule has 4 nitrogen and oxygen atoms in total. The second-order valence-corrected chi connectivity index (χ2v) is 8.91. The number of aryl methyl sites for hydroxylation is 2. The smallest absolute Gasteiger partial charge is 0.240 e. The van der Waals surface area contributed by atoms with Crippen molar-refractivity contribution in [1.82, 2.24) is 9.62 Å². The minimum absolute atomic E-state index is 0.429. The van der Waals surface area contributed by atoms with Crippen molar-refractivity contribution in [1.29, 1.82) is 0 Å². The van der Waals surface area contributed by atoms with Gasteiger partial charge in [0, 0.05) is 6.54 Å². The van der Waals surface area contributed by atoms with Crippen LogP contribution in [0.4, 0.5) is 0 Å². The number of hydrogen-bond donors (Lipinski definition) is 1. The second-order valence-electron chi connectivity index (χ2n) is 7.14. The first-order valence-electron chi connectivity index (χ1n) is 9.49. The van der Waals surface area contributed by atoms with Crippen LogP contribution in [-0.2, 0) is 22.9 Å². The summed E-state index contributed by atoms with van der Waals surface area (Å²) in [5.41, 5.74) is 2.54. The zero-order valence-corrected chi connectivity index (χ0v) is 15.4. The van der Waals surface area contributed by atoms with Crippen molar-refractivity contribution in [2.45, 2.75) is 62.7 Å². The Kier molecular flexibility index (Phi) is 6.31. The normalized spacial score (nSPS) is 19.7. The van der Waals surface area contributed by atoms with Gasteiger partial charge in [0.15, 0.2) is 0 Å². The number of sulfonamides is 1. The van der Waals surface area contributed by atoms with Gasteiger partial charge in [0.25, 0.3) is 0 Å². The molecule has 2 aliphatic rings. The third kappa shape index (κ3) is 4.80. The van der Waals surface area contributed by atoms with E-state index >= 15 is 0 Å². The van der Waals surface area contributed by atoms with Crippen LogP contribution in [0, 0.1) is 0 Å². The SMILES string of the molecule is O=S(=O)(NCCCN1CCCCCC1)c1ccc2c(c1)CCCC2. The number of rotatable bonds is 6. The molecule has 1 aromatic carbocycles. The predicted octanol–water partition coefficient (Wildman–Crippen LogP) is 3.11. The highest BCUT2D eigenvalue weighted by Crippen LogP contribution is 2.24. The lowest BCUT2D eigenvalue weighted by molar-refractivity contribution is 0.282. The summed E-state index contributed by atoms with van der Waals surface area (Å²) in [7, 11) is -3.37. The molecule has 5 heteroatoms. The van der Waals surface area contributed by atoms with Gasteiger partial charge >= 0.3 is 0 Å². The Bertz CT molecular complexity index is 635. The van der Waals surface area contributed by atoms with Crippen LogP contribution in [0.2, 0.25) is 0 Å². The molecule has 1 heterocycles. The van der Waals surface area contributed by atoms with E-state index in [0.29, 0.717) is 11.4 Å². The summed E-state index contributed by atoms with van der Waals surface area (Å²) in [5.74, 6) is 0. The van der Waals surface area contributed by atoms with Crippen LogP contribution >= 0.6 is 0 Å². The van der Waals surface area contributed by atoms with E-state index in [9.17, 15) is 8.42 Å². The molecule has 1 fully saturated rings. The highest BCUT2D eigenvalue weighted by Gasteiger charge is 2.17. The van der Waals surface area contributed by atoms with Crippen molar-refractivity contribution in [2.75, 3.05) is 26.2 Å². The Morgan fingerprint density at radius 3 is 2.38 bits per heavy atom. The summed E-state index contributed by atoms with van der Waals surface area (Å²) >= 11 is 0. The van der Waals surface area contributed by atoms with Crippen LogP contribution < -0.4 is 4.72 Å². The van der Waals surface area contributed by atoms with Gasteiger partial charge in [-0.3, -0.25) is 0 Å². The minimum Gasteiger partial charge on any atom is -0.303 e. The van der Waals surface area contributed by atoms with Gasteiger partial charge < -0.3 is 4.90 Å². The molecule has 1 aromatic rings. The number of likely N-dealkylation sites (tertiary alicyclic amines) is 1. The molecule has 3 rings (SSSR count). The van der Waals surface area contributed by atoms with Gasteiger partial charge in [0.05, 0.1) is 4.90 Å². The van der Waals surface area contributed by atoms with Gasteiger partial charge in [-0.2, -0.15) is 0 Å². The highest BCUT2D eigenvalue weighted by molar-refractivity contribution is 7.89. The molecule has 1 aliphatic carbocycles. The van der Waals surface area contributed by atoms with Gasteiger partial charge in [-0.1, -0.05) is 18.9 Å². The van der Waals surface area contributed by atoms with Gasteiger partial charge in [0.1, 0.15) is 0 Å². The molecular formula is C19H30N2O2S. The van der Waals surface area contributed by atoms with E-state index < -0.39 is 10.0 Å². The molecule has 0 saturated carbocycles. The Labute approximate surface area is 146 Å². The Morgan fingerprint density at radius 1 is 0.917 bits per heavy atom. The Hall–Kier alpha value is -0.910. The maximum Gasteiger partial charge on any atom is 0.240 e. The molecule has 0 atom stereocenters. The summed E-state index contributed by atoms with van der Waals surface area (Å²) in [5, 5.41) is 0. The summed E-state index contributed by atoms with van der Waals surface area (Å²) in [6, 6.07) is 5.65. The van der Waals surface area contributed by atoms with Crippen LogP contribution in [0.25, 0.3) is 0 Å². The summed E-state index contributed by atoms with van der Waals surface area (Å²) < 4.78 is 27.8. The van der Waals surface area contributed by atoms with Crippen molar-refractivity contribution in [3.63, 3.8) is 0 Å². The minimum atomic E-state index is -3.37. The quantitative estimate of drug-likeness (QED) is 0.802. The first-order chi connectivity index (χ1) is 11.6. The van der Waals surface area contributed by atoms with Crippen molar-refractivity contribution in [3.8, 4) is 0 Å². The zero-order chi connectivity index (χ0) is 16.8. The molecule has 0 spiro atoms. The van der Waals surface area contributed by atoms with Gasteiger partial charge in [-0.25, -0.2) is 13.1 Å². The Balaban J connectivity index is 1.50. The second kappa shape index (κ2) is 8.45. The van der Waals surface area contributed by atoms with Gasteiger partial charge in [-0.15, -0.1) is 0 Å². The van der Waals surface area contributed by atoms with E-state index in [4.69, 9.17) is 0 Å². The molecule has 0 aromatic heterocycles.